The highest BCUT2D eigenvalue weighted by Crippen LogP contribution is 2.24. The number of urea groups is 1. The van der Waals surface area contributed by atoms with Crippen LogP contribution in [0.15, 0.2) is 60.4 Å². The van der Waals surface area contributed by atoms with Gasteiger partial charge in [0.25, 0.3) is 5.91 Å². The predicted molar refractivity (Wildman–Crippen MR) is 119 cm³/mol. The van der Waals surface area contributed by atoms with Crippen LogP contribution in [0.25, 0.3) is 17.0 Å². The molecule has 0 atom stereocenters. The number of aromatic nitrogens is 1. The molecule has 1 aliphatic heterocycles. The molecular formula is C24H20N4O3. The Morgan fingerprint density at radius 1 is 1.16 bits per heavy atom. The molecule has 0 radical (unpaired) electrons. The van der Waals surface area contributed by atoms with Gasteiger partial charge in [0, 0.05) is 28.4 Å². The fraction of sp³-hybridized carbons (Fsp3) is 0.125. The first-order chi connectivity index (χ1) is 15.0. The van der Waals surface area contributed by atoms with Crippen molar-refractivity contribution in [2.24, 2.45) is 0 Å². The highest BCUT2D eigenvalue weighted by Gasteiger charge is 2.35. The number of rotatable bonds is 5. The maximum Gasteiger partial charge on any atom is 0.329 e. The lowest BCUT2D eigenvalue weighted by molar-refractivity contribution is -0.127. The van der Waals surface area contributed by atoms with Gasteiger partial charge in [0.1, 0.15) is 12.2 Å². The van der Waals surface area contributed by atoms with E-state index in [4.69, 9.17) is 6.42 Å². The maximum atomic E-state index is 12.8. The standard InChI is InChI=1S/C24H20N4O3/c1-3-12-27-14-17(19-6-4-5-7-21(19)27)13-20-23(30)28(24(31)26-20)15-22(29)25-18-10-8-16(2)9-11-18/h1,4-11,13-14H,12,15H2,2H3,(H,25,29)(H,26,31)/b20-13+. The topological polar surface area (TPSA) is 83.4 Å². The van der Waals surface area contributed by atoms with Gasteiger partial charge in [-0.2, -0.15) is 0 Å². The van der Waals surface area contributed by atoms with Crippen molar-refractivity contribution in [2.45, 2.75) is 13.5 Å². The molecule has 4 rings (SSSR count). The summed E-state index contributed by atoms with van der Waals surface area (Å²) in [5, 5.41) is 6.15. The monoisotopic (exact) mass is 412 g/mol. The van der Waals surface area contributed by atoms with Crippen LogP contribution in [0.1, 0.15) is 11.1 Å². The largest absolute Gasteiger partial charge is 0.335 e. The third-order valence-electron chi connectivity index (χ3n) is 4.98. The molecule has 7 nitrogen and oxygen atoms in total. The van der Waals surface area contributed by atoms with Crippen LogP contribution >= 0.6 is 0 Å². The Hall–Kier alpha value is -4.31. The molecule has 0 bridgehead atoms. The van der Waals surface area contributed by atoms with E-state index in [2.05, 4.69) is 16.6 Å². The van der Waals surface area contributed by atoms with Crippen LogP contribution in [0.3, 0.4) is 0 Å². The predicted octanol–water partition coefficient (Wildman–Crippen LogP) is 3.11. The molecule has 0 spiro atoms. The average Bonchev–Trinajstić information content (AvgIpc) is 3.22. The molecule has 154 valence electrons. The van der Waals surface area contributed by atoms with Crippen LogP contribution in [0.2, 0.25) is 0 Å². The Kier molecular flexibility index (Phi) is 5.29. The number of imide groups is 1. The van der Waals surface area contributed by atoms with E-state index in [1.165, 1.54) is 0 Å². The van der Waals surface area contributed by atoms with Crippen LogP contribution in [0.4, 0.5) is 10.5 Å². The Bertz CT molecular complexity index is 1260. The lowest BCUT2D eigenvalue weighted by Gasteiger charge is -2.12. The molecule has 0 unspecified atom stereocenters. The summed E-state index contributed by atoms with van der Waals surface area (Å²) in [6, 6.07) is 14.3. The van der Waals surface area contributed by atoms with E-state index >= 15 is 0 Å². The molecular weight excluding hydrogens is 392 g/mol. The summed E-state index contributed by atoms with van der Waals surface area (Å²) >= 11 is 0. The Morgan fingerprint density at radius 3 is 2.65 bits per heavy atom. The van der Waals surface area contributed by atoms with Gasteiger partial charge in [0.2, 0.25) is 5.91 Å². The number of nitrogens with zero attached hydrogens (tertiary/aromatic N) is 2. The number of para-hydroxylation sites is 1. The Balaban J connectivity index is 1.54. The van der Waals surface area contributed by atoms with Crippen LogP contribution in [-0.2, 0) is 16.1 Å². The quantitative estimate of drug-likeness (QED) is 0.384. The normalized spacial score (nSPS) is 14.7. The summed E-state index contributed by atoms with van der Waals surface area (Å²) in [4.78, 5) is 38.3. The van der Waals surface area contributed by atoms with Crippen LogP contribution in [0.5, 0.6) is 0 Å². The molecule has 4 amide bonds. The van der Waals surface area contributed by atoms with E-state index < -0.39 is 17.8 Å². The second-order valence-corrected chi connectivity index (χ2v) is 7.23. The van der Waals surface area contributed by atoms with Crippen molar-refractivity contribution in [2.75, 3.05) is 11.9 Å². The number of hydrogen-bond donors (Lipinski definition) is 2. The lowest BCUT2D eigenvalue weighted by Crippen LogP contribution is -2.38. The van der Waals surface area contributed by atoms with E-state index in [0.717, 1.165) is 26.9 Å². The maximum absolute atomic E-state index is 12.8. The fourth-order valence-electron chi connectivity index (χ4n) is 3.47. The summed E-state index contributed by atoms with van der Waals surface area (Å²) in [6.45, 7) is 1.95. The van der Waals surface area contributed by atoms with Crippen molar-refractivity contribution in [3.05, 3.63) is 71.6 Å². The average molecular weight is 412 g/mol. The lowest BCUT2D eigenvalue weighted by atomic mass is 10.1. The van der Waals surface area contributed by atoms with Crippen LogP contribution in [0, 0.1) is 19.3 Å². The molecule has 0 aliphatic carbocycles. The number of amides is 4. The molecule has 7 heteroatoms. The number of anilines is 1. The number of aryl methyl sites for hydroxylation is 1. The first-order valence-corrected chi connectivity index (χ1v) is 9.68. The number of nitrogens with one attached hydrogen (secondary N) is 2. The van der Waals surface area contributed by atoms with E-state index in [1.54, 1.807) is 18.2 Å². The van der Waals surface area contributed by atoms with Gasteiger partial charge in [-0.25, -0.2) is 9.69 Å². The van der Waals surface area contributed by atoms with Crippen LogP contribution in [-0.4, -0.2) is 33.9 Å². The zero-order valence-electron chi connectivity index (χ0n) is 16.9. The van der Waals surface area contributed by atoms with Gasteiger partial charge in [0.15, 0.2) is 0 Å². The number of terminal acetylenes is 1. The van der Waals surface area contributed by atoms with E-state index in [0.29, 0.717) is 12.2 Å². The first kappa shape index (κ1) is 20.0. The van der Waals surface area contributed by atoms with Crippen LogP contribution < -0.4 is 10.6 Å². The highest BCUT2D eigenvalue weighted by atomic mass is 16.2. The van der Waals surface area contributed by atoms with Crippen molar-refractivity contribution < 1.29 is 14.4 Å². The summed E-state index contributed by atoms with van der Waals surface area (Å²) in [6.07, 6.45) is 8.89. The smallest absolute Gasteiger partial charge is 0.329 e. The Morgan fingerprint density at radius 2 is 1.90 bits per heavy atom. The Labute approximate surface area is 179 Å². The highest BCUT2D eigenvalue weighted by molar-refractivity contribution is 6.16. The minimum atomic E-state index is -0.636. The molecule has 2 N–H and O–H groups in total. The van der Waals surface area contributed by atoms with Gasteiger partial charge < -0.3 is 15.2 Å². The molecule has 31 heavy (non-hydrogen) atoms. The van der Waals surface area contributed by atoms with Crippen molar-refractivity contribution in [1.29, 1.82) is 0 Å². The van der Waals surface area contributed by atoms with Gasteiger partial charge in [-0.1, -0.05) is 41.8 Å². The van der Waals surface area contributed by atoms with Gasteiger partial charge in [-0.15, -0.1) is 6.42 Å². The molecule has 3 aromatic rings. The zero-order valence-corrected chi connectivity index (χ0v) is 16.9. The minimum Gasteiger partial charge on any atom is -0.335 e. The number of carbonyl (C=O) groups is 3. The molecule has 2 aromatic carbocycles. The van der Waals surface area contributed by atoms with Crippen molar-refractivity contribution in [3.63, 3.8) is 0 Å². The van der Waals surface area contributed by atoms with Crippen molar-refractivity contribution in [3.8, 4) is 12.3 Å². The fourth-order valence-corrected chi connectivity index (χ4v) is 3.47. The van der Waals surface area contributed by atoms with E-state index in [1.807, 2.05) is 54.1 Å². The van der Waals surface area contributed by atoms with Gasteiger partial charge in [-0.3, -0.25) is 9.59 Å². The minimum absolute atomic E-state index is 0.108. The second-order valence-electron chi connectivity index (χ2n) is 7.23. The summed E-state index contributed by atoms with van der Waals surface area (Å²) in [7, 11) is 0. The van der Waals surface area contributed by atoms with Gasteiger partial charge >= 0.3 is 6.03 Å². The summed E-state index contributed by atoms with van der Waals surface area (Å²) < 4.78 is 1.90. The third kappa shape index (κ3) is 4.05. The summed E-state index contributed by atoms with van der Waals surface area (Å²) in [5.74, 6) is 1.59. The van der Waals surface area contributed by atoms with E-state index in [9.17, 15) is 14.4 Å². The number of carbonyl (C=O) groups excluding carboxylic acids is 3. The van der Waals surface area contributed by atoms with Gasteiger partial charge in [-0.05, 0) is 31.2 Å². The molecule has 0 saturated carbocycles. The number of fused-ring (bicyclic) bond motifs is 1. The van der Waals surface area contributed by atoms with Crippen molar-refractivity contribution in [1.82, 2.24) is 14.8 Å². The summed E-state index contributed by atoms with van der Waals surface area (Å²) in [5.41, 5.74) is 3.45. The molecule has 1 aromatic heterocycles. The SMILES string of the molecule is C#CCn1cc(/C=C2/NC(=O)N(CC(=O)Nc3ccc(C)cc3)C2=O)c2ccccc21. The van der Waals surface area contributed by atoms with E-state index in [-0.39, 0.29) is 12.2 Å². The third-order valence-corrected chi connectivity index (χ3v) is 4.98. The van der Waals surface area contributed by atoms with Gasteiger partial charge in [0.05, 0.1) is 6.54 Å². The number of benzene rings is 2. The molecule has 1 saturated heterocycles. The number of hydrogen-bond acceptors (Lipinski definition) is 3. The molecule has 1 aliphatic rings. The first-order valence-electron chi connectivity index (χ1n) is 9.68. The second kappa shape index (κ2) is 8.20. The van der Waals surface area contributed by atoms with Crippen molar-refractivity contribution >= 4 is 40.5 Å². The molecule has 2 heterocycles. The molecule has 1 fully saturated rings. The zero-order chi connectivity index (χ0) is 22.0.